The molecule has 0 unspecified atom stereocenters. The Bertz CT molecular complexity index is 522. The van der Waals surface area contributed by atoms with E-state index in [0.717, 1.165) is 0 Å². The largest absolute Gasteiger partial charge is 0.342 e. The maximum Gasteiger partial charge on any atom is 0.228 e. The van der Waals surface area contributed by atoms with Gasteiger partial charge in [0.1, 0.15) is 0 Å². The summed E-state index contributed by atoms with van der Waals surface area (Å²) in [6.07, 6.45) is 3.21. The van der Waals surface area contributed by atoms with E-state index in [0.29, 0.717) is 31.7 Å². The van der Waals surface area contributed by atoms with Crippen molar-refractivity contribution in [3.63, 3.8) is 0 Å². The molecule has 0 bridgehead atoms. The molecular weight excluding hydrogens is 268 g/mol. The van der Waals surface area contributed by atoms with Gasteiger partial charge >= 0.3 is 0 Å². The third-order valence-corrected chi connectivity index (χ3v) is 3.76. The zero-order chi connectivity index (χ0) is 15.6. The minimum Gasteiger partial charge on any atom is -0.342 e. The molecule has 116 valence electrons. The minimum absolute atomic E-state index is 0.00319. The molecule has 0 radical (unpaired) electrons. The predicted molar refractivity (Wildman–Crippen MR) is 80.6 cm³/mol. The Morgan fingerprint density at radius 2 is 1.90 bits per heavy atom. The number of carbonyl (C=O) groups is 2. The normalized spacial score (nSPS) is 16.9. The SMILES string of the molecule is Cn1ccc(NC(=O)C2CCN(C(=O)C(C)(C)C)CC2)n1. The first kappa shape index (κ1) is 15.5. The summed E-state index contributed by atoms with van der Waals surface area (Å²) in [7, 11) is 1.81. The van der Waals surface area contributed by atoms with Crippen molar-refractivity contribution >= 4 is 17.6 Å². The molecule has 0 aliphatic carbocycles. The first-order valence-corrected chi connectivity index (χ1v) is 7.37. The van der Waals surface area contributed by atoms with Crippen LogP contribution in [0.15, 0.2) is 12.3 Å². The number of aromatic nitrogens is 2. The molecule has 0 saturated carbocycles. The Morgan fingerprint density at radius 3 is 2.38 bits per heavy atom. The molecule has 1 aliphatic rings. The van der Waals surface area contributed by atoms with Gasteiger partial charge in [-0.3, -0.25) is 14.3 Å². The fourth-order valence-electron chi connectivity index (χ4n) is 2.53. The first-order valence-electron chi connectivity index (χ1n) is 7.37. The van der Waals surface area contributed by atoms with Crippen molar-refractivity contribution in [2.24, 2.45) is 18.4 Å². The molecule has 6 nitrogen and oxygen atoms in total. The monoisotopic (exact) mass is 292 g/mol. The van der Waals surface area contributed by atoms with Crippen LogP contribution in [0.2, 0.25) is 0 Å². The highest BCUT2D eigenvalue weighted by atomic mass is 16.2. The number of rotatable bonds is 2. The molecule has 6 heteroatoms. The molecule has 1 aromatic rings. The van der Waals surface area contributed by atoms with Gasteiger partial charge in [0.25, 0.3) is 0 Å². The Hall–Kier alpha value is -1.85. The van der Waals surface area contributed by atoms with Crippen LogP contribution in [0.3, 0.4) is 0 Å². The second kappa shape index (κ2) is 5.87. The van der Waals surface area contributed by atoms with Crippen LogP contribution >= 0.6 is 0 Å². The molecule has 1 N–H and O–H groups in total. The zero-order valence-corrected chi connectivity index (χ0v) is 13.2. The maximum absolute atomic E-state index is 12.2. The van der Waals surface area contributed by atoms with Gasteiger partial charge in [-0.2, -0.15) is 5.10 Å². The number of hydrogen-bond acceptors (Lipinski definition) is 3. The van der Waals surface area contributed by atoms with Crippen LogP contribution in [-0.2, 0) is 16.6 Å². The highest BCUT2D eigenvalue weighted by Gasteiger charge is 2.32. The molecule has 0 spiro atoms. The van der Waals surface area contributed by atoms with Crippen molar-refractivity contribution in [2.45, 2.75) is 33.6 Å². The molecule has 1 saturated heterocycles. The smallest absolute Gasteiger partial charge is 0.228 e. The number of carbonyl (C=O) groups excluding carboxylic acids is 2. The zero-order valence-electron chi connectivity index (χ0n) is 13.2. The summed E-state index contributed by atoms with van der Waals surface area (Å²) in [6.45, 7) is 7.08. The molecular formula is C15H24N4O2. The summed E-state index contributed by atoms with van der Waals surface area (Å²) in [5.41, 5.74) is -0.358. The van der Waals surface area contributed by atoms with Crippen LogP contribution in [0.25, 0.3) is 0 Å². The summed E-state index contributed by atoms with van der Waals surface area (Å²) in [4.78, 5) is 26.3. The van der Waals surface area contributed by atoms with Gasteiger partial charge in [-0.05, 0) is 12.8 Å². The average molecular weight is 292 g/mol. The van der Waals surface area contributed by atoms with E-state index in [-0.39, 0.29) is 23.1 Å². The summed E-state index contributed by atoms with van der Waals surface area (Å²) < 4.78 is 1.65. The lowest BCUT2D eigenvalue weighted by Crippen LogP contribution is -2.45. The first-order chi connectivity index (χ1) is 9.77. The van der Waals surface area contributed by atoms with Crippen molar-refractivity contribution < 1.29 is 9.59 Å². The van der Waals surface area contributed by atoms with E-state index in [2.05, 4.69) is 10.4 Å². The molecule has 2 amide bonds. The second-order valence-corrected chi connectivity index (χ2v) is 6.68. The van der Waals surface area contributed by atoms with Crippen molar-refractivity contribution in [1.29, 1.82) is 0 Å². The third kappa shape index (κ3) is 3.83. The van der Waals surface area contributed by atoms with E-state index >= 15 is 0 Å². The average Bonchev–Trinajstić information content (AvgIpc) is 2.82. The lowest BCUT2D eigenvalue weighted by Gasteiger charge is -2.35. The van der Waals surface area contributed by atoms with Crippen molar-refractivity contribution in [1.82, 2.24) is 14.7 Å². The van der Waals surface area contributed by atoms with E-state index in [1.165, 1.54) is 0 Å². The van der Waals surface area contributed by atoms with E-state index in [4.69, 9.17) is 0 Å². The van der Waals surface area contributed by atoms with Gasteiger partial charge in [0.05, 0.1) is 0 Å². The summed E-state index contributed by atoms with van der Waals surface area (Å²) in [5, 5.41) is 6.97. The number of amides is 2. The molecule has 2 rings (SSSR count). The molecule has 1 aliphatic heterocycles. The van der Waals surface area contributed by atoms with Crippen LogP contribution in [0.5, 0.6) is 0 Å². The van der Waals surface area contributed by atoms with Crippen molar-refractivity contribution in [2.75, 3.05) is 18.4 Å². The van der Waals surface area contributed by atoms with Crippen molar-refractivity contribution in [3.05, 3.63) is 12.3 Å². The Balaban J connectivity index is 1.86. The molecule has 1 aromatic heterocycles. The van der Waals surface area contributed by atoms with Gasteiger partial charge in [-0.15, -0.1) is 0 Å². The number of nitrogens with zero attached hydrogens (tertiary/aromatic N) is 3. The maximum atomic E-state index is 12.2. The van der Waals surface area contributed by atoms with E-state index in [9.17, 15) is 9.59 Å². The molecule has 0 aromatic carbocycles. The van der Waals surface area contributed by atoms with Crippen LogP contribution in [0.4, 0.5) is 5.82 Å². The Kier molecular flexibility index (Phi) is 4.34. The van der Waals surface area contributed by atoms with Gasteiger partial charge in [-0.25, -0.2) is 0 Å². The summed E-state index contributed by atoms with van der Waals surface area (Å²) in [5.74, 6) is 0.689. The van der Waals surface area contributed by atoms with Gasteiger partial charge in [-0.1, -0.05) is 20.8 Å². The number of hydrogen-bond donors (Lipinski definition) is 1. The fourth-order valence-corrected chi connectivity index (χ4v) is 2.53. The van der Waals surface area contributed by atoms with E-state index < -0.39 is 0 Å². The minimum atomic E-state index is -0.358. The van der Waals surface area contributed by atoms with Gasteiger partial charge in [0, 0.05) is 43.7 Å². The number of piperidine rings is 1. The van der Waals surface area contributed by atoms with Crippen LogP contribution in [0.1, 0.15) is 33.6 Å². The quantitative estimate of drug-likeness (QED) is 0.901. The number of likely N-dealkylation sites (tertiary alicyclic amines) is 1. The van der Waals surface area contributed by atoms with Crippen LogP contribution in [-0.4, -0.2) is 39.6 Å². The lowest BCUT2D eigenvalue weighted by molar-refractivity contribution is -0.142. The Labute approximate surface area is 125 Å². The van der Waals surface area contributed by atoms with Gasteiger partial charge < -0.3 is 10.2 Å². The molecule has 0 atom stereocenters. The molecule has 1 fully saturated rings. The molecule has 2 heterocycles. The number of anilines is 1. The summed E-state index contributed by atoms with van der Waals surface area (Å²) >= 11 is 0. The lowest BCUT2D eigenvalue weighted by atomic mass is 9.91. The number of aryl methyl sites for hydroxylation is 1. The van der Waals surface area contributed by atoms with Crippen molar-refractivity contribution in [3.8, 4) is 0 Å². The van der Waals surface area contributed by atoms with E-state index in [1.807, 2.05) is 32.7 Å². The van der Waals surface area contributed by atoms with Gasteiger partial charge in [0.15, 0.2) is 5.82 Å². The van der Waals surface area contributed by atoms with Crippen LogP contribution in [0, 0.1) is 11.3 Å². The van der Waals surface area contributed by atoms with Gasteiger partial charge in [0.2, 0.25) is 11.8 Å². The topological polar surface area (TPSA) is 67.2 Å². The van der Waals surface area contributed by atoms with Crippen LogP contribution < -0.4 is 5.32 Å². The Morgan fingerprint density at radius 1 is 1.29 bits per heavy atom. The highest BCUT2D eigenvalue weighted by molar-refractivity contribution is 5.92. The highest BCUT2D eigenvalue weighted by Crippen LogP contribution is 2.24. The standard InChI is InChI=1S/C15H24N4O2/c1-15(2,3)14(21)19-9-5-11(6-10-19)13(20)16-12-7-8-18(4)17-12/h7-8,11H,5-6,9-10H2,1-4H3,(H,16,17,20). The third-order valence-electron chi connectivity index (χ3n) is 3.76. The second-order valence-electron chi connectivity index (χ2n) is 6.68. The summed E-state index contributed by atoms with van der Waals surface area (Å²) in [6, 6.07) is 1.77. The van der Waals surface area contributed by atoms with E-state index in [1.54, 1.807) is 16.9 Å². The number of nitrogens with one attached hydrogen (secondary N) is 1. The molecule has 21 heavy (non-hydrogen) atoms. The predicted octanol–water partition coefficient (Wildman–Crippen LogP) is 1.64. The fraction of sp³-hybridized carbons (Fsp3) is 0.667.